The summed E-state index contributed by atoms with van der Waals surface area (Å²) in [5.74, 6) is -0.123. The summed E-state index contributed by atoms with van der Waals surface area (Å²) >= 11 is 0. The van der Waals surface area contributed by atoms with Crippen molar-refractivity contribution in [3.05, 3.63) is 84.5 Å². The zero-order valence-corrected chi connectivity index (χ0v) is 11.4. The molecule has 0 N–H and O–H groups in total. The summed E-state index contributed by atoms with van der Waals surface area (Å²) in [4.78, 5) is 22.9. The van der Waals surface area contributed by atoms with Crippen LogP contribution in [0.1, 0.15) is 15.9 Å². The zero-order chi connectivity index (χ0) is 15.1. The van der Waals surface area contributed by atoms with Crippen LogP contribution in [0.15, 0.2) is 73.3 Å². The molecule has 0 fully saturated rings. The van der Waals surface area contributed by atoms with Crippen molar-refractivity contribution in [1.82, 2.24) is 0 Å². The topological polar surface area (TPSA) is 43.4 Å². The Hall–Kier alpha value is -2.94. The Labute approximate surface area is 123 Å². The molecule has 21 heavy (non-hydrogen) atoms. The van der Waals surface area contributed by atoms with Gasteiger partial charge in [0.05, 0.1) is 0 Å². The van der Waals surface area contributed by atoms with E-state index in [-0.39, 0.29) is 5.78 Å². The number of ketones is 1. The highest BCUT2D eigenvalue weighted by Gasteiger charge is 2.01. The summed E-state index contributed by atoms with van der Waals surface area (Å²) in [5.41, 5.74) is 1.49. The minimum Gasteiger partial charge on any atom is -0.423 e. The number of hydrogen-bond donors (Lipinski definition) is 0. The Balaban J connectivity index is 2.03. The van der Waals surface area contributed by atoms with Crippen LogP contribution in [-0.4, -0.2) is 11.8 Å². The Bertz CT molecular complexity index is 667. The van der Waals surface area contributed by atoms with E-state index in [0.29, 0.717) is 11.3 Å². The van der Waals surface area contributed by atoms with E-state index in [2.05, 4.69) is 6.58 Å². The smallest absolute Gasteiger partial charge is 0.335 e. The highest BCUT2D eigenvalue weighted by molar-refractivity contribution is 6.06. The second-order valence-corrected chi connectivity index (χ2v) is 4.26. The summed E-state index contributed by atoms with van der Waals surface area (Å²) in [6, 6.07) is 15.9. The van der Waals surface area contributed by atoms with Crippen molar-refractivity contribution in [2.45, 2.75) is 0 Å². The van der Waals surface area contributed by atoms with Crippen molar-refractivity contribution in [3.63, 3.8) is 0 Å². The predicted octanol–water partition coefficient (Wildman–Crippen LogP) is 3.67. The van der Waals surface area contributed by atoms with Gasteiger partial charge in [0.1, 0.15) is 5.75 Å². The Morgan fingerprint density at radius 2 is 1.62 bits per heavy atom. The van der Waals surface area contributed by atoms with Crippen LogP contribution in [0, 0.1) is 0 Å². The molecule has 0 atom stereocenters. The molecule has 0 amide bonds. The van der Waals surface area contributed by atoms with Gasteiger partial charge in [0.2, 0.25) is 0 Å². The fourth-order valence-corrected chi connectivity index (χ4v) is 1.68. The molecular formula is C18H14O3. The van der Waals surface area contributed by atoms with Crippen molar-refractivity contribution in [2.75, 3.05) is 0 Å². The van der Waals surface area contributed by atoms with Crippen LogP contribution in [0.4, 0.5) is 0 Å². The van der Waals surface area contributed by atoms with Gasteiger partial charge in [-0.2, -0.15) is 0 Å². The molecule has 0 saturated carbocycles. The molecule has 2 rings (SSSR count). The predicted molar refractivity (Wildman–Crippen MR) is 82.1 cm³/mol. The molecular weight excluding hydrogens is 264 g/mol. The Morgan fingerprint density at radius 3 is 2.24 bits per heavy atom. The fraction of sp³-hybridized carbons (Fsp3) is 0. The third-order valence-electron chi connectivity index (χ3n) is 2.75. The summed E-state index contributed by atoms with van der Waals surface area (Å²) in [7, 11) is 0. The summed E-state index contributed by atoms with van der Waals surface area (Å²) < 4.78 is 4.97. The van der Waals surface area contributed by atoms with Crippen molar-refractivity contribution >= 4 is 17.8 Å². The van der Waals surface area contributed by atoms with Gasteiger partial charge in [0.15, 0.2) is 5.78 Å². The molecule has 3 heteroatoms. The number of carbonyl (C=O) groups is 2. The largest absolute Gasteiger partial charge is 0.423 e. The van der Waals surface area contributed by atoms with E-state index in [1.54, 1.807) is 42.5 Å². The molecule has 0 heterocycles. The number of rotatable bonds is 5. The normalized spacial score (nSPS) is 10.3. The summed E-state index contributed by atoms with van der Waals surface area (Å²) in [6.07, 6.45) is 4.33. The SMILES string of the molecule is C=CC(=O)Oc1ccc(C=CC(=O)c2ccccc2)cc1. The molecule has 2 aromatic rings. The lowest BCUT2D eigenvalue weighted by Crippen LogP contribution is -2.02. The van der Waals surface area contributed by atoms with Gasteiger partial charge in [-0.15, -0.1) is 0 Å². The van der Waals surface area contributed by atoms with E-state index < -0.39 is 5.97 Å². The Kier molecular flexibility index (Phi) is 4.83. The molecule has 2 aromatic carbocycles. The van der Waals surface area contributed by atoms with Crippen LogP contribution in [0.3, 0.4) is 0 Å². The average molecular weight is 278 g/mol. The third-order valence-corrected chi connectivity index (χ3v) is 2.75. The highest BCUT2D eigenvalue weighted by Crippen LogP contribution is 2.14. The van der Waals surface area contributed by atoms with Crippen LogP contribution in [0.5, 0.6) is 5.75 Å². The first-order valence-corrected chi connectivity index (χ1v) is 6.41. The van der Waals surface area contributed by atoms with E-state index in [4.69, 9.17) is 4.74 Å². The standard InChI is InChI=1S/C18H14O3/c1-2-18(20)21-16-11-8-14(9-12-16)10-13-17(19)15-6-4-3-5-7-15/h2-13H,1H2. The number of benzene rings is 2. The third kappa shape index (κ3) is 4.28. The second kappa shape index (κ2) is 7.01. The van der Waals surface area contributed by atoms with Crippen LogP contribution >= 0.6 is 0 Å². The van der Waals surface area contributed by atoms with Gasteiger partial charge in [-0.1, -0.05) is 55.1 Å². The highest BCUT2D eigenvalue weighted by atomic mass is 16.5. The monoisotopic (exact) mass is 278 g/mol. The second-order valence-electron chi connectivity index (χ2n) is 4.26. The van der Waals surface area contributed by atoms with Gasteiger partial charge in [-0.3, -0.25) is 4.79 Å². The first kappa shape index (κ1) is 14.5. The first-order valence-electron chi connectivity index (χ1n) is 6.41. The molecule has 0 bridgehead atoms. The van der Waals surface area contributed by atoms with Gasteiger partial charge in [-0.25, -0.2) is 4.79 Å². The molecule has 0 saturated heterocycles. The molecule has 0 radical (unpaired) electrons. The van der Waals surface area contributed by atoms with E-state index in [9.17, 15) is 9.59 Å². The van der Waals surface area contributed by atoms with Crippen molar-refractivity contribution in [3.8, 4) is 5.75 Å². The Morgan fingerprint density at radius 1 is 0.952 bits per heavy atom. The summed E-state index contributed by atoms with van der Waals surface area (Å²) in [6.45, 7) is 3.33. The number of ether oxygens (including phenoxy) is 1. The maximum Gasteiger partial charge on any atom is 0.335 e. The molecule has 0 unspecified atom stereocenters. The number of allylic oxidation sites excluding steroid dienone is 1. The minimum absolute atomic E-state index is 0.0576. The molecule has 104 valence electrons. The van der Waals surface area contributed by atoms with Crippen LogP contribution in [-0.2, 0) is 4.79 Å². The lowest BCUT2D eigenvalue weighted by atomic mass is 10.1. The van der Waals surface area contributed by atoms with Gasteiger partial charge >= 0.3 is 5.97 Å². The van der Waals surface area contributed by atoms with E-state index in [1.807, 2.05) is 18.2 Å². The lowest BCUT2D eigenvalue weighted by molar-refractivity contribution is -0.128. The molecule has 0 aromatic heterocycles. The molecule has 0 aliphatic heterocycles. The maximum atomic E-state index is 11.9. The zero-order valence-electron chi connectivity index (χ0n) is 11.4. The van der Waals surface area contributed by atoms with Gasteiger partial charge < -0.3 is 4.74 Å². The molecule has 0 aliphatic rings. The van der Waals surface area contributed by atoms with E-state index >= 15 is 0 Å². The van der Waals surface area contributed by atoms with Crippen LogP contribution in [0.2, 0.25) is 0 Å². The number of esters is 1. The van der Waals surface area contributed by atoms with Gasteiger partial charge in [0, 0.05) is 11.6 Å². The van der Waals surface area contributed by atoms with Crippen molar-refractivity contribution in [2.24, 2.45) is 0 Å². The van der Waals surface area contributed by atoms with Gasteiger partial charge in [0.25, 0.3) is 0 Å². The number of carbonyl (C=O) groups excluding carboxylic acids is 2. The molecule has 0 aliphatic carbocycles. The number of hydrogen-bond acceptors (Lipinski definition) is 3. The quantitative estimate of drug-likeness (QED) is 0.363. The van der Waals surface area contributed by atoms with Crippen molar-refractivity contribution in [1.29, 1.82) is 0 Å². The lowest BCUT2D eigenvalue weighted by Gasteiger charge is -2.01. The van der Waals surface area contributed by atoms with Crippen molar-refractivity contribution < 1.29 is 14.3 Å². The van der Waals surface area contributed by atoms with Crippen LogP contribution < -0.4 is 4.74 Å². The minimum atomic E-state index is -0.502. The molecule has 3 nitrogen and oxygen atoms in total. The maximum absolute atomic E-state index is 11.9. The van der Waals surface area contributed by atoms with E-state index in [0.717, 1.165) is 11.6 Å². The van der Waals surface area contributed by atoms with Gasteiger partial charge in [-0.05, 0) is 23.8 Å². The summed E-state index contributed by atoms with van der Waals surface area (Å²) in [5, 5.41) is 0. The average Bonchev–Trinajstić information content (AvgIpc) is 2.54. The molecule has 0 spiro atoms. The first-order chi connectivity index (χ1) is 10.2. The van der Waals surface area contributed by atoms with E-state index in [1.165, 1.54) is 6.08 Å². The fourth-order valence-electron chi connectivity index (χ4n) is 1.68. The van der Waals surface area contributed by atoms with Crippen LogP contribution in [0.25, 0.3) is 6.08 Å².